The van der Waals surface area contributed by atoms with Gasteiger partial charge >= 0.3 is 12.0 Å². The number of hydrogen-bond donors (Lipinski definition) is 2. The van der Waals surface area contributed by atoms with E-state index in [1.54, 1.807) is 36.1 Å². The third kappa shape index (κ3) is 5.43. The molecular weight excluding hydrogens is 430 g/mol. The lowest BCUT2D eigenvalue weighted by atomic mass is 10.1. The Bertz CT molecular complexity index is 1160. The second-order valence-corrected chi connectivity index (χ2v) is 7.99. The van der Waals surface area contributed by atoms with E-state index in [1.807, 2.05) is 54.6 Å². The standard InChI is InChI=1S/C27H27N3O4/c1-2-34-24(31)18-19-12-14-22(15-13-19)28-27(33)29-25(21-9-4-3-5-10-21)26(32)30-17-16-20-8-6-7-11-23(20)30/h3-15,25H,2,16-18H2,1H3,(H2,28,29,33)/t25-/m1/s1. The average molecular weight is 458 g/mol. The number of fused-ring (bicyclic) bond motifs is 1. The molecule has 174 valence electrons. The van der Waals surface area contributed by atoms with Gasteiger partial charge in [-0.1, -0.05) is 60.7 Å². The Morgan fingerprint density at radius 2 is 1.65 bits per heavy atom. The van der Waals surface area contributed by atoms with Gasteiger partial charge in [0.2, 0.25) is 0 Å². The van der Waals surface area contributed by atoms with Crippen LogP contribution in [0.2, 0.25) is 0 Å². The maximum atomic E-state index is 13.5. The van der Waals surface area contributed by atoms with E-state index in [0.717, 1.165) is 23.2 Å². The number of nitrogens with zero attached hydrogens (tertiary/aromatic N) is 1. The minimum atomic E-state index is -0.838. The highest BCUT2D eigenvalue weighted by Crippen LogP contribution is 2.30. The summed E-state index contributed by atoms with van der Waals surface area (Å²) in [5.74, 6) is -0.482. The van der Waals surface area contributed by atoms with Crippen LogP contribution in [0.15, 0.2) is 78.9 Å². The lowest BCUT2D eigenvalue weighted by molar-refractivity contribution is -0.142. The molecule has 3 aromatic carbocycles. The van der Waals surface area contributed by atoms with Crippen LogP contribution >= 0.6 is 0 Å². The average Bonchev–Trinajstić information content (AvgIpc) is 3.28. The normalized spacial score (nSPS) is 13.0. The molecule has 3 amide bonds. The van der Waals surface area contributed by atoms with Crippen LogP contribution in [0.4, 0.5) is 16.2 Å². The van der Waals surface area contributed by atoms with E-state index in [9.17, 15) is 14.4 Å². The number of amides is 3. The molecule has 1 aliphatic heterocycles. The van der Waals surface area contributed by atoms with Crippen LogP contribution in [0.25, 0.3) is 0 Å². The molecule has 0 fully saturated rings. The Hall–Kier alpha value is -4.13. The summed E-state index contributed by atoms with van der Waals surface area (Å²) >= 11 is 0. The van der Waals surface area contributed by atoms with Crippen molar-refractivity contribution in [2.75, 3.05) is 23.4 Å². The highest BCUT2D eigenvalue weighted by Gasteiger charge is 2.32. The number of hydrogen-bond acceptors (Lipinski definition) is 4. The molecule has 2 N–H and O–H groups in total. The minimum Gasteiger partial charge on any atom is -0.466 e. The summed E-state index contributed by atoms with van der Waals surface area (Å²) in [6, 6.07) is 22.6. The first-order chi connectivity index (χ1) is 16.5. The number of anilines is 2. The number of esters is 1. The largest absolute Gasteiger partial charge is 0.466 e. The van der Waals surface area contributed by atoms with Gasteiger partial charge in [-0.25, -0.2) is 4.79 Å². The first-order valence-corrected chi connectivity index (χ1v) is 11.3. The Morgan fingerprint density at radius 3 is 2.38 bits per heavy atom. The predicted molar refractivity (Wildman–Crippen MR) is 131 cm³/mol. The van der Waals surface area contributed by atoms with Gasteiger partial charge in [-0.2, -0.15) is 0 Å². The Balaban J connectivity index is 1.46. The van der Waals surface area contributed by atoms with Crippen LogP contribution in [0, 0.1) is 0 Å². The number of ether oxygens (including phenoxy) is 1. The van der Waals surface area contributed by atoms with Crippen LogP contribution < -0.4 is 15.5 Å². The molecule has 0 spiro atoms. The van der Waals surface area contributed by atoms with Crippen molar-refractivity contribution in [3.8, 4) is 0 Å². The molecule has 1 aliphatic rings. The van der Waals surface area contributed by atoms with Crippen LogP contribution in [-0.2, 0) is 27.2 Å². The third-order valence-electron chi connectivity index (χ3n) is 5.67. The molecule has 1 atom stereocenters. The van der Waals surface area contributed by atoms with Crippen LogP contribution in [0.3, 0.4) is 0 Å². The first kappa shape index (κ1) is 23.0. The number of benzene rings is 3. The SMILES string of the molecule is CCOC(=O)Cc1ccc(NC(=O)N[C@@H](C(=O)N2CCc3ccccc32)c2ccccc2)cc1. The zero-order valence-electron chi connectivity index (χ0n) is 19.0. The van der Waals surface area contributed by atoms with Gasteiger partial charge in [0.25, 0.3) is 5.91 Å². The van der Waals surface area contributed by atoms with E-state index < -0.39 is 12.1 Å². The molecule has 0 unspecified atom stereocenters. The van der Waals surface area contributed by atoms with Gasteiger partial charge in [-0.3, -0.25) is 9.59 Å². The Labute approximate surface area is 198 Å². The fourth-order valence-electron chi connectivity index (χ4n) is 4.04. The van der Waals surface area contributed by atoms with Crippen LogP contribution in [-0.4, -0.2) is 31.1 Å². The second kappa shape index (κ2) is 10.7. The summed E-state index contributed by atoms with van der Waals surface area (Å²) in [5, 5.41) is 5.61. The second-order valence-electron chi connectivity index (χ2n) is 7.99. The van der Waals surface area contributed by atoms with Crippen molar-refractivity contribution in [2.24, 2.45) is 0 Å². The van der Waals surface area contributed by atoms with Gasteiger partial charge in [0, 0.05) is 17.9 Å². The Morgan fingerprint density at radius 1 is 0.941 bits per heavy atom. The summed E-state index contributed by atoms with van der Waals surface area (Å²) in [5.41, 5.74) is 4.05. The smallest absolute Gasteiger partial charge is 0.320 e. The fourth-order valence-corrected chi connectivity index (χ4v) is 4.04. The molecule has 1 heterocycles. The minimum absolute atomic E-state index is 0.169. The topological polar surface area (TPSA) is 87.7 Å². The van der Waals surface area contributed by atoms with Crippen LogP contribution in [0.1, 0.15) is 29.7 Å². The molecule has 0 radical (unpaired) electrons. The molecule has 0 bridgehead atoms. The summed E-state index contributed by atoms with van der Waals surface area (Å²) in [6.07, 6.45) is 0.954. The van der Waals surface area contributed by atoms with Crippen molar-refractivity contribution >= 4 is 29.3 Å². The van der Waals surface area contributed by atoms with Gasteiger partial charge in [0.05, 0.1) is 13.0 Å². The van der Waals surface area contributed by atoms with E-state index in [2.05, 4.69) is 10.6 Å². The lowest BCUT2D eigenvalue weighted by Gasteiger charge is -2.25. The van der Waals surface area contributed by atoms with Gasteiger partial charge in [-0.05, 0) is 48.2 Å². The molecule has 3 aromatic rings. The first-order valence-electron chi connectivity index (χ1n) is 11.3. The monoisotopic (exact) mass is 457 g/mol. The molecule has 0 aliphatic carbocycles. The molecule has 7 heteroatoms. The van der Waals surface area contributed by atoms with E-state index >= 15 is 0 Å². The number of para-hydroxylation sites is 1. The van der Waals surface area contributed by atoms with Crippen LogP contribution in [0.5, 0.6) is 0 Å². The van der Waals surface area contributed by atoms with Crippen molar-refractivity contribution in [2.45, 2.75) is 25.8 Å². The quantitative estimate of drug-likeness (QED) is 0.520. The summed E-state index contributed by atoms with van der Waals surface area (Å²) < 4.78 is 4.96. The van der Waals surface area contributed by atoms with Gasteiger partial charge in [-0.15, -0.1) is 0 Å². The summed E-state index contributed by atoms with van der Waals surface area (Å²) in [7, 11) is 0. The zero-order valence-corrected chi connectivity index (χ0v) is 19.0. The Kier molecular flexibility index (Phi) is 7.22. The molecular formula is C27H27N3O4. The number of nitrogens with one attached hydrogen (secondary N) is 2. The van der Waals surface area contributed by atoms with Gasteiger partial charge in [0.1, 0.15) is 6.04 Å². The van der Waals surface area contributed by atoms with Crippen molar-refractivity contribution in [3.63, 3.8) is 0 Å². The molecule has 4 rings (SSSR count). The molecule has 0 aromatic heterocycles. The molecule has 7 nitrogen and oxygen atoms in total. The van der Waals surface area contributed by atoms with E-state index in [0.29, 0.717) is 24.4 Å². The van der Waals surface area contributed by atoms with Gasteiger partial charge in [0.15, 0.2) is 0 Å². The van der Waals surface area contributed by atoms with Crippen molar-refractivity contribution < 1.29 is 19.1 Å². The van der Waals surface area contributed by atoms with Gasteiger partial charge < -0.3 is 20.3 Å². The highest BCUT2D eigenvalue weighted by molar-refractivity contribution is 6.02. The molecule has 34 heavy (non-hydrogen) atoms. The predicted octanol–water partition coefficient (Wildman–Crippen LogP) is 4.24. The lowest BCUT2D eigenvalue weighted by Crippen LogP contribution is -2.43. The summed E-state index contributed by atoms with van der Waals surface area (Å²) in [6.45, 7) is 2.68. The molecule has 0 saturated heterocycles. The molecule has 0 saturated carbocycles. The fraction of sp³-hybridized carbons (Fsp3) is 0.222. The van der Waals surface area contributed by atoms with Crippen molar-refractivity contribution in [1.29, 1.82) is 0 Å². The highest BCUT2D eigenvalue weighted by atomic mass is 16.5. The van der Waals surface area contributed by atoms with E-state index in [1.165, 1.54) is 0 Å². The maximum Gasteiger partial charge on any atom is 0.320 e. The van der Waals surface area contributed by atoms with E-state index in [4.69, 9.17) is 4.74 Å². The van der Waals surface area contributed by atoms with E-state index in [-0.39, 0.29) is 18.3 Å². The third-order valence-corrected chi connectivity index (χ3v) is 5.67. The van der Waals surface area contributed by atoms with Crippen molar-refractivity contribution in [1.82, 2.24) is 5.32 Å². The number of urea groups is 1. The zero-order chi connectivity index (χ0) is 23.9. The number of carbonyl (C=O) groups excluding carboxylic acids is 3. The number of carbonyl (C=O) groups is 3. The maximum absolute atomic E-state index is 13.5. The summed E-state index contributed by atoms with van der Waals surface area (Å²) in [4.78, 5) is 39.8. The number of rotatable bonds is 7. The van der Waals surface area contributed by atoms with Crippen molar-refractivity contribution in [3.05, 3.63) is 95.6 Å².